The van der Waals surface area contributed by atoms with Gasteiger partial charge in [0.15, 0.2) is 0 Å². The fraction of sp³-hybridized carbons (Fsp3) is 0.474. The molecule has 23 heavy (non-hydrogen) atoms. The van der Waals surface area contributed by atoms with Crippen molar-refractivity contribution in [2.45, 2.75) is 39.0 Å². The van der Waals surface area contributed by atoms with Gasteiger partial charge in [0.05, 0.1) is 11.9 Å². The monoisotopic (exact) mass is 311 g/mol. The van der Waals surface area contributed by atoms with Crippen LogP contribution in [-0.2, 0) is 4.79 Å². The number of hydrogen-bond acceptors (Lipinski definition) is 2. The first-order valence-electron chi connectivity index (χ1n) is 8.51. The highest BCUT2D eigenvalue weighted by Gasteiger charge is 2.26. The number of piperidine rings is 1. The van der Waals surface area contributed by atoms with Crippen LogP contribution in [0.25, 0.3) is 11.3 Å². The quantitative estimate of drug-likeness (QED) is 0.933. The van der Waals surface area contributed by atoms with Crippen LogP contribution in [0.2, 0.25) is 0 Å². The summed E-state index contributed by atoms with van der Waals surface area (Å²) in [6.45, 7) is 5.86. The molecule has 0 radical (unpaired) electrons. The van der Waals surface area contributed by atoms with Crippen molar-refractivity contribution in [2.75, 3.05) is 13.1 Å². The van der Waals surface area contributed by atoms with E-state index in [1.54, 1.807) is 0 Å². The standard InChI is InChI=1S/C19H25N3O/c1-14(2)11-18(23)22-10-6-9-16(13-22)19-20-12-17(21-19)15-7-4-3-5-8-15/h3-5,7-8,12,14,16H,6,9-11,13H2,1-2H3,(H,20,21)/t16-/m0/s1. The van der Waals surface area contributed by atoms with E-state index in [9.17, 15) is 4.79 Å². The molecule has 2 aromatic rings. The zero-order valence-corrected chi connectivity index (χ0v) is 14.0. The second kappa shape index (κ2) is 6.99. The van der Waals surface area contributed by atoms with Crippen molar-refractivity contribution >= 4 is 5.91 Å². The Kier molecular flexibility index (Phi) is 4.79. The third kappa shape index (κ3) is 3.81. The number of amides is 1. The maximum Gasteiger partial charge on any atom is 0.222 e. The average Bonchev–Trinajstić information content (AvgIpc) is 3.05. The van der Waals surface area contributed by atoms with Crippen molar-refractivity contribution in [1.29, 1.82) is 0 Å². The number of nitrogens with zero attached hydrogens (tertiary/aromatic N) is 2. The summed E-state index contributed by atoms with van der Waals surface area (Å²) in [5.74, 6) is 2.01. The molecule has 122 valence electrons. The highest BCUT2D eigenvalue weighted by atomic mass is 16.2. The predicted octanol–water partition coefficient (Wildman–Crippen LogP) is 3.83. The molecule has 1 atom stereocenters. The summed E-state index contributed by atoms with van der Waals surface area (Å²) in [4.78, 5) is 22.3. The van der Waals surface area contributed by atoms with Crippen LogP contribution >= 0.6 is 0 Å². The Morgan fingerprint density at radius 1 is 1.35 bits per heavy atom. The summed E-state index contributed by atoms with van der Waals surface area (Å²) in [6, 6.07) is 10.2. The fourth-order valence-corrected chi connectivity index (χ4v) is 3.21. The number of carbonyl (C=O) groups is 1. The third-order valence-electron chi connectivity index (χ3n) is 4.42. The zero-order chi connectivity index (χ0) is 16.2. The first-order chi connectivity index (χ1) is 11.1. The molecule has 1 fully saturated rings. The SMILES string of the molecule is CC(C)CC(=O)N1CCC[C@H](c2ncc(-c3ccccc3)[nH]2)C1. The first kappa shape index (κ1) is 15.8. The molecule has 0 bridgehead atoms. The molecule has 1 amide bonds. The molecule has 0 aliphatic carbocycles. The largest absolute Gasteiger partial charge is 0.342 e. The highest BCUT2D eigenvalue weighted by molar-refractivity contribution is 5.76. The first-order valence-corrected chi connectivity index (χ1v) is 8.51. The van der Waals surface area contributed by atoms with Crippen molar-refractivity contribution in [3.05, 3.63) is 42.4 Å². The number of nitrogens with one attached hydrogen (secondary N) is 1. The third-order valence-corrected chi connectivity index (χ3v) is 4.42. The van der Waals surface area contributed by atoms with Crippen LogP contribution < -0.4 is 0 Å². The number of H-pyrrole nitrogens is 1. The van der Waals surface area contributed by atoms with Gasteiger partial charge < -0.3 is 9.88 Å². The topological polar surface area (TPSA) is 49.0 Å². The van der Waals surface area contributed by atoms with Crippen LogP contribution in [0.5, 0.6) is 0 Å². The number of likely N-dealkylation sites (tertiary alicyclic amines) is 1. The molecule has 0 saturated carbocycles. The van der Waals surface area contributed by atoms with Gasteiger partial charge in [-0.05, 0) is 24.3 Å². The minimum atomic E-state index is 0.277. The van der Waals surface area contributed by atoms with E-state index in [-0.39, 0.29) is 5.91 Å². The van der Waals surface area contributed by atoms with Gasteiger partial charge in [0.1, 0.15) is 5.82 Å². The summed E-state index contributed by atoms with van der Waals surface area (Å²) in [5, 5.41) is 0. The van der Waals surface area contributed by atoms with E-state index in [1.165, 1.54) is 0 Å². The molecule has 1 aromatic carbocycles. The van der Waals surface area contributed by atoms with E-state index in [1.807, 2.05) is 29.3 Å². The number of imidazole rings is 1. The van der Waals surface area contributed by atoms with Gasteiger partial charge in [-0.1, -0.05) is 44.2 Å². The lowest BCUT2D eigenvalue weighted by Crippen LogP contribution is -2.39. The molecule has 1 N–H and O–H groups in total. The molecular formula is C19H25N3O. The predicted molar refractivity (Wildman–Crippen MR) is 92.0 cm³/mol. The molecule has 1 aliphatic rings. The Balaban J connectivity index is 1.70. The van der Waals surface area contributed by atoms with Crippen molar-refractivity contribution in [1.82, 2.24) is 14.9 Å². The van der Waals surface area contributed by atoms with Gasteiger partial charge in [-0.25, -0.2) is 4.98 Å². The van der Waals surface area contributed by atoms with Crippen LogP contribution in [0.1, 0.15) is 44.9 Å². The molecule has 1 saturated heterocycles. The van der Waals surface area contributed by atoms with Crippen LogP contribution in [0.3, 0.4) is 0 Å². The summed E-state index contributed by atoms with van der Waals surface area (Å²) < 4.78 is 0. The van der Waals surface area contributed by atoms with E-state index in [2.05, 4.69) is 35.9 Å². The summed E-state index contributed by atoms with van der Waals surface area (Å²) in [6.07, 6.45) is 4.68. The van der Waals surface area contributed by atoms with Crippen LogP contribution in [0.15, 0.2) is 36.5 Å². The van der Waals surface area contributed by atoms with Crippen molar-refractivity contribution < 1.29 is 4.79 Å². The number of rotatable bonds is 4. The summed E-state index contributed by atoms with van der Waals surface area (Å²) in [5.41, 5.74) is 2.20. The molecule has 1 aliphatic heterocycles. The number of aromatic nitrogens is 2. The Morgan fingerprint density at radius 2 is 2.13 bits per heavy atom. The summed E-state index contributed by atoms with van der Waals surface area (Å²) in [7, 11) is 0. The minimum Gasteiger partial charge on any atom is -0.342 e. The second-order valence-electron chi connectivity index (χ2n) is 6.83. The smallest absolute Gasteiger partial charge is 0.222 e. The normalized spacial score (nSPS) is 18.4. The van der Waals surface area contributed by atoms with Gasteiger partial charge >= 0.3 is 0 Å². The number of carbonyl (C=O) groups excluding carboxylic acids is 1. The number of aromatic amines is 1. The molecule has 3 rings (SSSR count). The average molecular weight is 311 g/mol. The van der Waals surface area contributed by atoms with Gasteiger partial charge in [-0.3, -0.25) is 4.79 Å². The Morgan fingerprint density at radius 3 is 2.87 bits per heavy atom. The fourth-order valence-electron chi connectivity index (χ4n) is 3.21. The minimum absolute atomic E-state index is 0.277. The molecule has 0 spiro atoms. The van der Waals surface area contributed by atoms with Gasteiger partial charge in [-0.2, -0.15) is 0 Å². The number of benzene rings is 1. The van der Waals surface area contributed by atoms with E-state index in [0.29, 0.717) is 18.3 Å². The lowest BCUT2D eigenvalue weighted by Gasteiger charge is -2.32. The molecule has 4 nitrogen and oxygen atoms in total. The van der Waals surface area contributed by atoms with E-state index >= 15 is 0 Å². The molecule has 0 unspecified atom stereocenters. The zero-order valence-electron chi connectivity index (χ0n) is 14.0. The van der Waals surface area contributed by atoms with Gasteiger partial charge in [-0.15, -0.1) is 0 Å². The lowest BCUT2D eigenvalue weighted by atomic mass is 9.96. The van der Waals surface area contributed by atoms with Crippen LogP contribution in [0, 0.1) is 5.92 Å². The Labute approximate surface area is 137 Å². The maximum absolute atomic E-state index is 12.3. The van der Waals surface area contributed by atoms with E-state index in [0.717, 1.165) is 43.0 Å². The lowest BCUT2D eigenvalue weighted by molar-refractivity contribution is -0.133. The van der Waals surface area contributed by atoms with Crippen molar-refractivity contribution in [3.63, 3.8) is 0 Å². The van der Waals surface area contributed by atoms with Crippen molar-refractivity contribution in [2.24, 2.45) is 5.92 Å². The summed E-state index contributed by atoms with van der Waals surface area (Å²) >= 11 is 0. The van der Waals surface area contributed by atoms with Crippen molar-refractivity contribution in [3.8, 4) is 11.3 Å². The van der Waals surface area contributed by atoms with E-state index < -0.39 is 0 Å². The van der Waals surface area contributed by atoms with Crippen LogP contribution in [0.4, 0.5) is 0 Å². The van der Waals surface area contributed by atoms with E-state index in [4.69, 9.17) is 0 Å². The Hall–Kier alpha value is -2.10. The molecule has 4 heteroatoms. The number of hydrogen-bond donors (Lipinski definition) is 1. The van der Waals surface area contributed by atoms with Gasteiger partial charge in [0, 0.05) is 25.4 Å². The molecule has 2 heterocycles. The molecular weight excluding hydrogens is 286 g/mol. The van der Waals surface area contributed by atoms with Gasteiger partial charge in [0.25, 0.3) is 0 Å². The molecule has 1 aromatic heterocycles. The van der Waals surface area contributed by atoms with Crippen LogP contribution in [-0.4, -0.2) is 33.9 Å². The maximum atomic E-state index is 12.3. The second-order valence-corrected chi connectivity index (χ2v) is 6.83. The highest BCUT2D eigenvalue weighted by Crippen LogP contribution is 2.27. The Bertz CT molecular complexity index is 648. The van der Waals surface area contributed by atoms with Gasteiger partial charge in [0.2, 0.25) is 5.91 Å².